The summed E-state index contributed by atoms with van der Waals surface area (Å²) < 4.78 is 28.9. The number of benzene rings is 1. The fourth-order valence-corrected chi connectivity index (χ4v) is 2.55. The van der Waals surface area contributed by atoms with Gasteiger partial charge >= 0.3 is 12.3 Å². The molecule has 0 aliphatic heterocycles. The molecule has 0 spiro atoms. The molecule has 0 unspecified atom stereocenters. The summed E-state index contributed by atoms with van der Waals surface area (Å²) in [5.74, 6) is -0.427. The van der Waals surface area contributed by atoms with Crippen molar-refractivity contribution in [2.45, 2.75) is 24.2 Å². The first kappa shape index (κ1) is 14.8. The van der Waals surface area contributed by atoms with Crippen molar-refractivity contribution in [3.05, 3.63) is 28.3 Å². The zero-order valence-corrected chi connectivity index (χ0v) is 11.6. The number of hydrogen-bond acceptors (Lipinski definition) is 5. The van der Waals surface area contributed by atoms with E-state index >= 15 is 0 Å². The van der Waals surface area contributed by atoms with E-state index in [1.54, 1.807) is 11.8 Å². The van der Waals surface area contributed by atoms with E-state index in [0.29, 0.717) is 12.2 Å². The Hall–Kier alpha value is -1.57. The molecule has 0 heterocycles. The summed E-state index contributed by atoms with van der Waals surface area (Å²) >= 11 is 1.76. The van der Waals surface area contributed by atoms with Crippen LogP contribution in [0.1, 0.15) is 12.8 Å². The van der Waals surface area contributed by atoms with Crippen molar-refractivity contribution in [3.63, 3.8) is 0 Å². The summed E-state index contributed by atoms with van der Waals surface area (Å²) in [6.07, 6.45) is 4.24. The van der Waals surface area contributed by atoms with Crippen molar-refractivity contribution in [3.8, 4) is 5.75 Å². The number of alkyl halides is 2. The molecular formula is C12H14F2N2O3S. The SMILES string of the molecule is CSC1(CNc2ccc([N+](=O)[O-])c(OC(F)F)c2)CC1. The Morgan fingerprint density at radius 2 is 2.25 bits per heavy atom. The highest BCUT2D eigenvalue weighted by atomic mass is 32.2. The van der Waals surface area contributed by atoms with Crippen molar-refractivity contribution >= 4 is 23.1 Å². The molecule has 1 aromatic rings. The van der Waals surface area contributed by atoms with Gasteiger partial charge in [0.2, 0.25) is 5.75 Å². The predicted molar refractivity (Wildman–Crippen MR) is 73.7 cm³/mol. The molecule has 0 radical (unpaired) electrons. The van der Waals surface area contributed by atoms with Gasteiger partial charge in [-0.3, -0.25) is 10.1 Å². The third-order valence-corrected chi connectivity index (χ3v) is 4.65. The van der Waals surface area contributed by atoms with E-state index in [1.165, 1.54) is 18.2 Å². The van der Waals surface area contributed by atoms with E-state index in [2.05, 4.69) is 10.1 Å². The first-order valence-corrected chi connectivity index (χ1v) is 7.20. The first-order valence-electron chi connectivity index (χ1n) is 5.98. The Balaban J connectivity index is 2.12. The molecule has 1 aromatic carbocycles. The summed E-state index contributed by atoms with van der Waals surface area (Å²) in [5, 5.41) is 13.9. The molecule has 1 aliphatic rings. The molecule has 0 saturated heterocycles. The average molecular weight is 304 g/mol. The van der Waals surface area contributed by atoms with Gasteiger partial charge in [-0.1, -0.05) is 0 Å². The van der Waals surface area contributed by atoms with Gasteiger partial charge in [-0.25, -0.2) is 0 Å². The predicted octanol–water partition coefficient (Wildman–Crippen LogP) is 3.50. The van der Waals surface area contributed by atoms with Gasteiger partial charge in [0.1, 0.15) is 0 Å². The Kier molecular flexibility index (Phi) is 4.32. The highest BCUT2D eigenvalue weighted by Gasteiger charge is 2.41. The number of thioether (sulfide) groups is 1. The van der Waals surface area contributed by atoms with Crippen LogP contribution in [0.4, 0.5) is 20.2 Å². The van der Waals surface area contributed by atoms with Crippen molar-refractivity contribution in [1.82, 2.24) is 0 Å². The molecule has 0 aromatic heterocycles. The number of halogens is 2. The maximum Gasteiger partial charge on any atom is 0.387 e. The third-order valence-electron chi connectivity index (χ3n) is 3.23. The highest BCUT2D eigenvalue weighted by Crippen LogP contribution is 2.47. The quantitative estimate of drug-likeness (QED) is 0.617. The second-order valence-corrected chi connectivity index (χ2v) is 5.83. The molecule has 0 amide bonds. The molecule has 1 aliphatic carbocycles. The number of nitrogens with one attached hydrogen (secondary N) is 1. The monoisotopic (exact) mass is 304 g/mol. The van der Waals surface area contributed by atoms with Crippen LogP contribution >= 0.6 is 11.8 Å². The van der Waals surface area contributed by atoms with Gasteiger partial charge in [0.25, 0.3) is 0 Å². The number of ether oxygens (including phenoxy) is 1. The molecule has 0 bridgehead atoms. The number of nitro groups is 1. The maximum atomic E-state index is 12.3. The molecule has 1 fully saturated rings. The van der Waals surface area contributed by atoms with Gasteiger partial charge in [-0.2, -0.15) is 20.5 Å². The molecule has 0 atom stereocenters. The standard InChI is InChI=1S/C12H14F2N2O3S/c1-20-12(4-5-12)7-15-8-2-3-9(16(17)18)10(6-8)19-11(13)14/h2-3,6,11,15H,4-5,7H2,1H3. The average Bonchev–Trinajstić information content (AvgIpc) is 3.16. The number of hydrogen-bond donors (Lipinski definition) is 1. The molecule has 8 heteroatoms. The van der Waals surface area contributed by atoms with E-state index in [9.17, 15) is 18.9 Å². The lowest BCUT2D eigenvalue weighted by Crippen LogP contribution is -2.17. The number of nitrogens with zero attached hydrogens (tertiary/aromatic N) is 1. The van der Waals surface area contributed by atoms with Crippen LogP contribution in [0, 0.1) is 10.1 Å². The van der Waals surface area contributed by atoms with Crippen LogP contribution in [0.15, 0.2) is 18.2 Å². The van der Waals surface area contributed by atoms with Crippen molar-refractivity contribution in [2.24, 2.45) is 0 Å². The summed E-state index contributed by atoms with van der Waals surface area (Å²) in [6, 6.07) is 3.90. The van der Waals surface area contributed by atoms with Gasteiger partial charge in [-0.05, 0) is 25.2 Å². The van der Waals surface area contributed by atoms with Crippen molar-refractivity contribution < 1.29 is 18.4 Å². The van der Waals surface area contributed by atoms with Crippen molar-refractivity contribution in [2.75, 3.05) is 18.1 Å². The fraction of sp³-hybridized carbons (Fsp3) is 0.500. The van der Waals surface area contributed by atoms with Crippen LogP contribution in [0.3, 0.4) is 0 Å². The largest absolute Gasteiger partial charge is 0.427 e. The van der Waals surface area contributed by atoms with Gasteiger partial charge in [-0.15, -0.1) is 0 Å². The number of anilines is 1. The van der Waals surface area contributed by atoms with Gasteiger partial charge in [0.05, 0.1) is 4.92 Å². The maximum absolute atomic E-state index is 12.3. The van der Waals surface area contributed by atoms with Gasteiger partial charge < -0.3 is 10.1 Å². The molecule has 1 N–H and O–H groups in total. The van der Waals surface area contributed by atoms with Crippen molar-refractivity contribution in [1.29, 1.82) is 0 Å². The zero-order valence-electron chi connectivity index (χ0n) is 10.8. The van der Waals surface area contributed by atoms with Crippen LogP contribution in [0.25, 0.3) is 0 Å². The third kappa shape index (κ3) is 3.50. The molecule has 110 valence electrons. The number of rotatable bonds is 7. The minimum Gasteiger partial charge on any atom is -0.427 e. The summed E-state index contributed by atoms with van der Waals surface area (Å²) in [5.41, 5.74) is 0.0634. The molecule has 1 saturated carbocycles. The lowest BCUT2D eigenvalue weighted by Gasteiger charge is -2.15. The van der Waals surface area contributed by atoms with E-state index in [1.807, 2.05) is 6.26 Å². The minimum absolute atomic E-state index is 0.200. The smallest absolute Gasteiger partial charge is 0.387 e. The summed E-state index contributed by atoms with van der Waals surface area (Å²) in [6.45, 7) is -2.40. The van der Waals surface area contributed by atoms with E-state index in [0.717, 1.165) is 12.8 Å². The highest BCUT2D eigenvalue weighted by molar-refractivity contribution is 8.00. The Labute approximate surface area is 118 Å². The molecule has 2 rings (SSSR count). The van der Waals surface area contributed by atoms with E-state index in [4.69, 9.17) is 0 Å². The zero-order chi connectivity index (χ0) is 14.8. The topological polar surface area (TPSA) is 64.4 Å². The Morgan fingerprint density at radius 3 is 2.75 bits per heavy atom. The normalized spacial score (nSPS) is 16.0. The first-order chi connectivity index (χ1) is 9.46. The number of nitro benzene ring substituents is 1. The van der Waals surface area contributed by atoms with Crippen LogP contribution < -0.4 is 10.1 Å². The summed E-state index contributed by atoms with van der Waals surface area (Å²) in [4.78, 5) is 10.0. The van der Waals surface area contributed by atoms with Crippen LogP contribution in [-0.2, 0) is 0 Å². The Bertz CT molecular complexity index is 509. The lowest BCUT2D eigenvalue weighted by molar-refractivity contribution is -0.386. The Morgan fingerprint density at radius 1 is 1.55 bits per heavy atom. The lowest BCUT2D eigenvalue weighted by atomic mass is 10.2. The van der Waals surface area contributed by atoms with Crippen LogP contribution in [-0.4, -0.2) is 29.1 Å². The van der Waals surface area contributed by atoms with Crippen LogP contribution in [0.5, 0.6) is 5.75 Å². The summed E-state index contributed by atoms with van der Waals surface area (Å²) in [7, 11) is 0. The fourth-order valence-electron chi connectivity index (χ4n) is 1.82. The van der Waals surface area contributed by atoms with Gasteiger partial charge in [0, 0.05) is 29.1 Å². The molecule has 20 heavy (non-hydrogen) atoms. The molecular weight excluding hydrogens is 290 g/mol. The second-order valence-electron chi connectivity index (χ2n) is 4.56. The second kappa shape index (κ2) is 5.82. The van der Waals surface area contributed by atoms with E-state index in [-0.39, 0.29) is 4.75 Å². The van der Waals surface area contributed by atoms with Gasteiger partial charge in [0.15, 0.2) is 0 Å². The van der Waals surface area contributed by atoms with Crippen LogP contribution in [0.2, 0.25) is 0 Å². The minimum atomic E-state index is -3.09. The molecule has 5 nitrogen and oxygen atoms in total. The van der Waals surface area contributed by atoms with E-state index < -0.39 is 23.0 Å².